The van der Waals surface area contributed by atoms with Crippen LogP contribution in [0.1, 0.15) is 37.9 Å². The Morgan fingerprint density at radius 3 is 2.42 bits per heavy atom. The number of hydrogen-bond donors (Lipinski definition) is 2. The summed E-state index contributed by atoms with van der Waals surface area (Å²) in [6.45, 7) is 6.43. The van der Waals surface area contributed by atoms with E-state index in [0.29, 0.717) is 30.2 Å². The van der Waals surface area contributed by atoms with Crippen LogP contribution >= 0.6 is 0 Å². The van der Waals surface area contributed by atoms with Crippen molar-refractivity contribution in [3.8, 4) is 5.75 Å². The molecule has 0 aromatic heterocycles. The molecule has 0 fully saturated rings. The summed E-state index contributed by atoms with van der Waals surface area (Å²) < 4.78 is 16.6. The predicted octanol–water partition coefficient (Wildman–Crippen LogP) is 3.86. The Labute approximate surface area is 182 Å². The lowest BCUT2D eigenvalue weighted by molar-refractivity contribution is -0.141. The minimum atomic E-state index is -0.615. The van der Waals surface area contributed by atoms with Crippen LogP contribution in [0.2, 0.25) is 0 Å². The molecular formula is C24H28N2O5. The van der Waals surface area contributed by atoms with Gasteiger partial charge in [-0.3, -0.25) is 0 Å². The molecule has 1 aliphatic rings. The smallest absolute Gasteiger partial charge is 0.338 e. The van der Waals surface area contributed by atoms with Gasteiger partial charge in [-0.2, -0.15) is 0 Å². The molecule has 0 radical (unpaired) electrons. The Hall–Kier alpha value is -3.32. The van der Waals surface area contributed by atoms with Gasteiger partial charge in [0.05, 0.1) is 24.3 Å². The van der Waals surface area contributed by atoms with Gasteiger partial charge in [-0.1, -0.05) is 42.5 Å². The van der Waals surface area contributed by atoms with E-state index in [1.807, 2.05) is 68.4 Å². The van der Waals surface area contributed by atoms with Crippen LogP contribution in [0, 0.1) is 0 Å². The molecule has 1 heterocycles. The first-order valence-corrected chi connectivity index (χ1v) is 10.3. The fourth-order valence-corrected chi connectivity index (χ4v) is 3.21. The topological polar surface area (TPSA) is 85.9 Å². The van der Waals surface area contributed by atoms with Crippen molar-refractivity contribution in [3.05, 3.63) is 77.0 Å². The third-order valence-electron chi connectivity index (χ3n) is 4.72. The Balaban J connectivity index is 1.68. The molecule has 2 N–H and O–H groups in total. The van der Waals surface area contributed by atoms with Gasteiger partial charge >= 0.3 is 12.0 Å². The zero-order valence-electron chi connectivity index (χ0n) is 18.0. The Bertz CT molecular complexity index is 923. The van der Waals surface area contributed by atoms with Crippen LogP contribution in [-0.2, 0) is 20.9 Å². The van der Waals surface area contributed by atoms with Crippen molar-refractivity contribution in [3.63, 3.8) is 0 Å². The number of carbonyl (C=O) groups excluding carboxylic acids is 2. The van der Waals surface area contributed by atoms with Crippen LogP contribution in [-0.4, -0.2) is 31.3 Å². The van der Waals surface area contributed by atoms with Crippen LogP contribution in [0.5, 0.6) is 5.75 Å². The summed E-state index contributed by atoms with van der Waals surface area (Å²) in [4.78, 5) is 24.8. The van der Waals surface area contributed by atoms with Gasteiger partial charge in [-0.05, 0) is 44.0 Å². The fourth-order valence-electron chi connectivity index (χ4n) is 3.21. The number of nitrogens with one attached hydrogen (secondary N) is 2. The summed E-state index contributed by atoms with van der Waals surface area (Å²) in [6, 6.07) is 16.2. The molecule has 0 spiro atoms. The van der Waals surface area contributed by atoms with E-state index in [2.05, 4.69) is 10.6 Å². The summed E-state index contributed by atoms with van der Waals surface area (Å²) in [5.41, 5.74) is 2.66. The van der Waals surface area contributed by atoms with Crippen LogP contribution in [0.3, 0.4) is 0 Å². The first-order chi connectivity index (χ1) is 14.9. The molecule has 0 bridgehead atoms. The first-order valence-electron chi connectivity index (χ1n) is 10.3. The highest BCUT2D eigenvalue weighted by molar-refractivity contribution is 5.95. The van der Waals surface area contributed by atoms with Gasteiger partial charge in [0.1, 0.15) is 19.0 Å². The highest BCUT2D eigenvalue weighted by Gasteiger charge is 2.32. The number of allylic oxidation sites excluding steroid dienone is 1. The van der Waals surface area contributed by atoms with E-state index in [4.69, 9.17) is 14.2 Å². The molecule has 7 heteroatoms. The monoisotopic (exact) mass is 424 g/mol. The van der Waals surface area contributed by atoms with E-state index in [1.165, 1.54) is 0 Å². The number of esters is 1. The molecule has 0 saturated heterocycles. The second-order valence-electron chi connectivity index (χ2n) is 7.47. The van der Waals surface area contributed by atoms with Gasteiger partial charge in [0.15, 0.2) is 0 Å². The Morgan fingerprint density at radius 2 is 1.74 bits per heavy atom. The van der Waals surface area contributed by atoms with E-state index < -0.39 is 12.0 Å². The minimum Gasteiger partial charge on any atom is -0.489 e. The molecule has 164 valence electrons. The highest BCUT2D eigenvalue weighted by atomic mass is 16.6. The van der Waals surface area contributed by atoms with E-state index >= 15 is 0 Å². The predicted molar refractivity (Wildman–Crippen MR) is 116 cm³/mol. The van der Waals surface area contributed by atoms with Gasteiger partial charge < -0.3 is 24.8 Å². The van der Waals surface area contributed by atoms with Crippen LogP contribution in [0.4, 0.5) is 4.79 Å². The largest absolute Gasteiger partial charge is 0.489 e. The number of urea groups is 1. The number of benzene rings is 2. The van der Waals surface area contributed by atoms with Gasteiger partial charge in [0.25, 0.3) is 0 Å². The summed E-state index contributed by atoms with van der Waals surface area (Å²) in [6.07, 6.45) is 0.0608. The summed E-state index contributed by atoms with van der Waals surface area (Å²) in [5.74, 6) is 0.204. The average molecular weight is 424 g/mol. The molecule has 0 saturated carbocycles. The van der Waals surface area contributed by atoms with E-state index in [1.54, 1.807) is 6.92 Å². The molecule has 31 heavy (non-hydrogen) atoms. The fraction of sp³-hybridized carbons (Fsp3) is 0.333. The van der Waals surface area contributed by atoms with E-state index in [9.17, 15) is 9.59 Å². The minimum absolute atomic E-state index is 0.0608. The molecule has 0 aliphatic carbocycles. The van der Waals surface area contributed by atoms with Gasteiger partial charge in [0, 0.05) is 5.70 Å². The standard InChI is InChI=1S/C24H28N2O5/c1-16(2)29-13-14-30-23(27)21-17(3)25-24(28)26-22(21)19-9-11-20(12-10-19)31-15-18-7-5-4-6-8-18/h4-12,16,22H,13-15H2,1-3H3,(H2,25,26,28)/t22-/m0/s1. The summed E-state index contributed by atoms with van der Waals surface area (Å²) >= 11 is 0. The third-order valence-corrected chi connectivity index (χ3v) is 4.72. The van der Waals surface area contributed by atoms with Crippen LogP contribution in [0.15, 0.2) is 65.9 Å². The number of ether oxygens (including phenoxy) is 3. The molecule has 2 aromatic carbocycles. The molecule has 7 nitrogen and oxygen atoms in total. The lowest BCUT2D eigenvalue weighted by Gasteiger charge is -2.28. The second kappa shape index (κ2) is 10.6. The van der Waals surface area contributed by atoms with Crippen LogP contribution < -0.4 is 15.4 Å². The zero-order valence-corrected chi connectivity index (χ0v) is 18.0. The molecule has 1 atom stereocenters. The molecule has 2 amide bonds. The lowest BCUT2D eigenvalue weighted by Crippen LogP contribution is -2.45. The molecule has 0 unspecified atom stereocenters. The van der Waals surface area contributed by atoms with Crippen LogP contribution in [0.25, 0.3) is 0 Å². The van der Waals surface area contributed by atoms with Crippen molar-refractivity contribution in [1.29, 1.82) is 0 Å². The number of hydrogen-bond acceptors (Lipinski definition) is 5. The number of amides is 2. The SMILES string of the molecule is CC1=C(C(=O)OCCOC(C)C)[C@H](c2ccc(OCc3ccccc3)cc2)NC(=O)N1. The van der Waals surface area contributed by atoms with Gasteiger partial charge in [-0.15, -0.1) is 0 Å². The summed E-state index contributed by atoms with van der Waals surface area (Å²) in [7, 11) is 0. The van der Waals surface area contributed by atoms with Crippen molar-refractivity contribution >= 4 is 12.0 Å². The maximum Gasteiger partial charge on any atom is 0.338 e. The molecule has 1 aliphatic heterocycles. The summed E-state index contributed by atoms with van der Waals surface area (Å²) in [5, 5.41) is 5.44. The second-order valence-corrected chi connectivity index (χ2v) is 7.47. The van der Waals surface area contributed by atoms with Crippen molar-refractivity contribution < 1.29 is 23.8 Å². The Kier molecular flexibility index (Phi) is 7.67. The first kappa shape index (κ1) is 22.4. The highest BCUT2D eigenvalue weighted by Crippen LogP contribution is 2.29. The average Bonchev–Trinajstić information content (AvgIpc) is 2.75. The van der Waals surface area contributed by atoms with Crippen molar-refractivity contribution in [2.75, 3.05) is 13.2 Å². The normalized spacial score (nSPS) is 16.0. The Morgan fingerprint density at radius 1 is 1.03 bits per heavy atom. The van der Waals surface area contributed by atoms with Crippen molar-refractivity contribution in [2.24, 2.45) is 0 Å². The molecular weight excluding hydrogens is 396 g/mol. The third kappa shape index (κ3) is 6.33. The van der Waals surface area contributed by atoms with E-state index in [0.717, 1.165) is 11.1 Å². The van der Waals surface area contributed by atoms with Crippen molar-refractivity contribution in [2.45, 2.75) is 39.5 Å². The number of carbonyl (C=O) groups is 2. The van der Waals surface area contributed by atoms with Gasteiger partial charge in [0.2, 0.25) is 0 Å². The van der Waals surface area contributed by atoms with E-state index in [-0.39, 0.29) is 18.7 Å². The maximum absolute atomic E-state index is 12.7. The number of rotatable bonds is 9. The van der Waals surface area contributed by atoms with Crippen molar-refractivity contribution in [1.82, 2.24) is 10.6 Å². The molecule has 2 aromatic rings. The van der Waals surface area contributed by atoms with Gasteiger partial charge in [-0.25, -0.2) is 9.59 Å². The lowest BCUT2D eigenvalue weighted by atomic mass is 9.95. The molecule has 3 rings (SSSR count). The maximum atomic E-state index is 12.7. The quantitative estimate of drug-likeness (QED) is 0.472. The zero-order chi connectivity index (χ0) is 22.2.